The highest BCUT2D eigenvalue weighted by Gasteiger charge is 2.43. The van der Waals surface area contributed by atoms with Gasteiger partial charge in [0.15, 0.2) is 0 Å². The summed E-state index contributed by atoms with van der Waals surface area (Å²) in [6, 6.07) is 135. The molecule has 0 saturated heterocycles. The lowest BCUT2D eigenvalue weighted by atomic mass is 9.70. The molecule has 27 rings (SSSR count). The minimum absolute atomic E-state index is 0.0417. The molecule has 3 aliphatic carbocycles. The molecule has 3 nitrogen and oxygen atoms in total. The standard InChI is InChI=1S/C45H38S2.C39H26O2.C39H26OS/c1-3-5-23-45(24-6-4-2)39-19-15-29(31-17-21-43-37(27-31)33-11-7-9-13-41(33)46-43)25-35(39)36-26-30(16-20-40(36)45)32-18-22-44-38(28-32)34-12-8-10-14-42(34)47-44;1-39(2)33-16-12-23(24-13-17-37-31(20-24)28-7-3-5-9-35(28)40-37)19-30(33)27-15-11-26(22-34(27)39)25-14-18-38-32(21-25)29-8-4-6-10-36(29)41-38;1-39(2)33-15-11-23(25-13-17-36-31(21-25)27-7-3-5-9-35(27)40-36)19-29(33)30-20-24(12-16-34(30)39)26-14-18-38-32(22-26)28-8-4-6-10-37(28)41-38/h7-22,25-28H,3-6,23-24H2,1-2H3;2*3-22H,1-2H3. The topological polar surface area (TPSA) is 39.4 Å². The summed E-state index contributed by atoms with van der Waals surface area (Å²) in [5.74, 6) is 0. The molecule has 0 unspecified atom stereocenters. The van der Waals surface area contributed by atoms with E-state index in [9.17, 15) is 0 Å². The molecule has 6 heteroatoms. The molecular formula is C123H90O3S3. The predicted molar refractivity (Wildman–Crippen MR) is 553 cm³/mol. The first-order valence-corrected chi connectivity index (χ1v) is 48.1. The highest BCUT2D eigenvalue weighted by Crippen LogP contribution is 2.58. The lowest BCUT2D eigenvalue weighted by molar-refractivity contribution is 0.414. The zero-order chi connectivity index (χ0) is 86.1. The van der Waals surface area contributed by atoms with Gasteiger partial charge in [0.05, 0.1) is 0 Å². The van der Waals surface area contributed by atoms with E-state index in [2.05, 4.69) is 369 Å². The van der Waals surface area contributed by atoms with Crippen molar-refractivity contribution in [2.45, 2.75) is 96.3 Å². The smallest absolute Gasteiger partial charge is 0.135 e. The molecule has 6 aromatic heterocycles. The maximum atomic E-state index is 6.09. The van der Waals surface area contributed by atoms with E-state index < -0.39 is 0 Å². The predicted octanol–water partition coefficient (Wildman–Crippen LogP) is 37.1. The number of fused-ring (bicyclic) bond motifs is 27. The van der Waals surface area contributed by atoms with Crippen molar-refractivity contribution in [3.8, 4) is 100 Å². The Balaban J connectivity index is 0.000000105. The summed E-state index contributed by atoms with van der Waals surface area (Å²) in [5, 5.41) is 15.1. The summed E-state index contributed by atoms with van der Waals surface area (Å²) in [6.07, 6.45) is 7.35. The van der Waals surface area contributed by atoms with E-state index in [0.717, 1.165) is 65.8 Å². The Kier molecular flexibility index (Phi) is 18.0. The zero-order valence-corrected chi connectivity index (χ0v) is 75.3. The number of rotatable bonds is 12. The van der Waals surface area contributed by atoms with Crippen molar-refractivity contribution >= 4 is 160 Å². The fourth-order valence-corrected chi connectivity index (χ4v) is 25.4. The van der Waals surface area contributed by atoms with Crippen LogP contribution in [0.25, 0.3) is 226 Å². The lowest BCUT2D eigenvalue weighted by Crippen LogP contribution is -2.25. The van der Waals surface area contributed by atoms with Crippen LogP contribution in [-0.2, 0) is 16.2 Å². The normalized spacial score (nSPS) is 13.7. The largest absolute Gasteiger partial charge is 0.456 e. The van der Waals surface area contributed by atoms with Crippen LogP contribution in [0.3, 0.4) is 0 Å². The SMILES string of the molecule is CC1(C)c2ccc(-c3ccc4oc5ccccc5c4c3)cc2-c2cc(-c3ccc4sc5ccccc5c4c3)ccc21.CC1(C)c2ccc(-c3ccc4oc5ccccc5c4c3)cc2-c2ccc(-c3ccc4oc5ccccc5c4c3)cc21.CCCCC1(CCCC)c2ccc(-c3ccc4sc5ccccc5c4c3)cc2-c2cc(-c3ccc4sc5ccccc5c4c3)ccc21. The van der Waals surface area contributed by atoms with Crippen molar-refractivity contribution in [3.63, 3.8) is 0 Å². The van der Waals surface area contributed by atoms with Crippen LogP contribution in [-0.4, -0.2) is 0 Å². The average molecular weight is 1710 g/mol. The van der Waals surface area contributed by atoms with Gasteiger partial charge in [0, 0.05) is 109 Å². The Morgan fingerprint density at radius 3 is 0.783 bits per heavy atom. The highest BCUT2D eigenvalue weighted by molar-refractivity contribution is 7.26. The molecule has 18 aromatic carbocycles. The van der Waals surface area contributed by atoms with Crippen LogP contribution < -0.4 is 0 Å². The van der Waals surface area contributed by atoms with E-state index >= 15 is 0 Å². The van der Waals surface area contributed by atoms with Crippen LogP contribution in [0.4, 0.5) is 0 Å². The van der Waals surface area contributed by atoms with E-state index in [1.807, 2.05) is 70.4 Å². The van der Waals surface area contributed by atoms with Crippen molar-refractivity contribution in [1.82, 2.24) is 0 Å². The van der Waals surface area contributed by atoms with Gasteiger partial charge in [-0.25, -0.2) is 0 Å². The fraction of sp³-hybridized carbons (Fsp3) is 0.122. The molecule has 0 saturated carbocycles. The van der Waals surface area contributed by atoms with Crippen LogP contribution in [0.5, 0.6) is 0 Å². The zero-order valence-electron chi connectivity index (χ0n) is 72.8. The molecule has 3 aliphatic rings. The molecule has 0 fully saturated rings. The third-order valence-corrected chi connectivity index (χ3v) is 32.3. The summed E-state index contributed by atoms with van der Waals surface area (Å²) in [5.41, 5.74) is 37.4. The van der Waals surface area contributed by atoms with E-state index in [1.54, 1.807) is 0 Å². The first kappa shape index (κ1) is 77.4. The van der Waals surface area contributed by atoms with Gasteiger partial charge in [0.2, 0.25) is 0 Å². The molecule has 0 atom stereocenters. The number of thiophene rings is 3. The molecule has 0 aliphatic heterocycles. The molecule has 129 heavy (non-hydrogen) atoms. The summed E-state index contributed by atoms with van der Waals surface area (Å²) in [7, 11) is 0. The lowest BCUT2D eigenvalue weighted by Gasteiger charge is -2.32. The molecule has 0 radical (unpaired) electrons. The monoisotopic (exact) mass is 1710 g/mol. The molecular weight excluding hydrogens is 1620 g/mol. The molecule has 6 heterocycles. The number of benzene rings is 18. The first-order valence-electron chi connectivity index (χ1n) is 45.6. The number of hydrogen-bond acceptors (Lipinski definition) is 6. The summed E-state index contributed by atoms with van der Waals surface area (Å²) in [6.45, 7) is 14.1. The van der Waals surface area contributed by atoms with E-state index in [0.29, 0.717) is 0 Å². The average Bonchev–Trinajstić information content (AvgIpc) is 1.55. The number of furan rings is 3. The first-order chi connectivity index (χ1) is 63.2. The summed E-state index contributed by atoms with van der Waals surface area (Å²) in [4.78, 5) is 0. The van der Waals surface area contributed by atoms with Gasteiger partial charge in [-0.05, 0) is 292 Å². The van der Waals surface area contributed by atoms with Crippen LogP contribution >= 0.6 is 34.0 Å². The molecule has 0 amide bonds. The van der Waals surface area contributed by atoms with Gasteiger partial charge in [-0.1, -0.05) is 286 Å². The van der Waals surface area contributed by atoms with Crippen LogP contribution in [0.2, 0.25) is 0 Å². The van der Waals surface area contributed by atoms with Crippen LogP contribution in [0, 0.1) is 0 Å². The van der Waals surface area contributed by atoms with Crippen molar-refractivity contribution in [3.05, 3.63) is 397 Å². The van der Waals surface area contributed by atoms with E-state index in [-0.39, 0.29) is 16.2 Å². The second kappa shape index (κ2) is 30.1. The molecule has 0 bridgehead atoms. The maximum Gasteiger partial charge on any atom is 0.135 e. The number of hydrogen-bond donors (Lipinski definition) is 0. The van der Waals surface area contributed by atoms with Crippen molar-refractivity contribution < 1.29 is 13.3 Å². The van der Waals surface area contributed by atoms with Gasteiger partial charge < -0.3 is 13.3 Å². The Bertz CT molecular complexity index is 8420. The Hall–Kier alpha value is -14.0. The van der Waals surface area contributed by atoms with Gasteiger partial charge in [-0.3, -0.25) is 0 Å². The summed E-state index contributed by atoms with van der Waals surface area (Å²) >= 11 is 5.66. The maximum absolute atomic E-state index is 6.09. The van der Waals surface area contributed by atoms with E-state index in [4.69, 9.17) is 13.3 Å². The molecule has 0 N–H and O–H groups in total. The van der Waals surface area contributed by atoms with E-state index in [1.165, 1.54) is 233 Å². The van der Waals surface area contributed by atoms with Crippen molar-refractivity contribution in [2.75, 3.05) is 0 Å². The minimum atomic E-state index is -0.0869. The second-order valence-electron chi connectivity index (χ2n) is 37.0. The highest BCUT2D eigenvalue weighted by atomic mass is 32.1. The molecule has 618 valence electrons. The molecule has 0 spiro atoms. The number of para-hydroxylation sites is 3. The van der Waals surface area contributed by atoms with Gasteiger partial charge in [0.1, 0.15) is 33.5 Å². The van der Waals surface area contributed by atoms with Gasteiger partial charge >= 0.3 is 0 Å². The van der Waals surface area contributed by atoms with Gasteiger partial charge in [0.25, 0.3) is 0 Å². The van der Waals surface area contributed by atoms with Crippen LogP contribution in [0.15, 0.2) is 377 Å². The molecule has 24 aromatic rings. The quantitative estimate of drug-likeness (QED) is 0.122. The third-order valence-electron chi connectivity index (χ3n) is 28.9. The summed E-state index contributed by atoms with van der Waals surface area (Å²) < 4.78 is 26.4. The fourth-order valence-electron chi connectivity index (χ4n) is 22.2. The van der Waals surface area contributed by atoms with Gasteiger partial charge in [-0.2, -0.15) is 0 Å². The number of unbranched alkanes of at least 4 members (excludes halogenated alkanes) is 2. The van der Waals surface area contributed by atoms with Crippen molar-refractivity contribution in [2.24, 2.45) is 0 Å². The minimum Gasteiger partial charge on any atom is -0.456 e. The Morgan fingerprint density at radius 1 is 0.194 bits per heavy atom. The Labute approximate surface area is 761 Å². The van der Waals surface area contributed by atoms with Crippen LogP contribution in [0.1, 0.15) is 113 Å². The Morgan fingerprint density at radius 2 is 0.434 bits per heavy atom. The second-order valence-corrected chi connectivity index (χ2v) is 40.2. The van der Waals surface area contributed by atoms with Crippen molar-refractivity contribution in [1.29, 1.82) is 0 Å². The third kappa shape index (κ3) is 12.5. The van der Waals surface area contributed by atoms with Gasteiger partial charge in [-0.15, -0.1) is 34.0 Å².